The van der Waals surface area contributed by atoms with E-state index < -0.39 is 0 Å². The van der Waals surface area contributed by atoms with Crippen LogP contribution in [0.5, 0.6) is 0 Å². The third-order valence-electron chi connectivity index (χ3n) is 2.35. The summed E-state index contributed by atoms with van der Waals surface area (Å²) >= 11 is 1.52. The average molecular weight is 284 g/mol. The van der Waals surface area contributed by atoms with Crippen LogP contribution in [0.25, 0.3) is 0 Å². The molecule has 0 saturated carbocycles. The molecule has 0 bridgehead atoms. The van der Waals surface area contributed by atoms with Gasteiger partial charge in [-0.15, -0.1) is 10.3 Å². The van der Waals surface area contributed by atoms with E-state index in [4.69, 9.17) is 14.5 Å². The smallest absolute Gasteiger partial charge is 0.233 e. The number of thioether (sulfide) groups is 1. The van der Waals surface area contributed by atoms with Gasteiger partial charge in [0.25, 0.3) is 0 Å². The molecule has 1 aliphatic rings. The molecule has 0 N–H and O–H groups in total. The molecule has 1 heterocycles. The summed E-state index contributed by atoms with van der Waals surface area (Å²) in [7, 11) is 4.52. The van der Waals surface area contributed by atoms with Gasteiger partial charge >= 0.3 is 0 Å². The molecule has 1 aromatic carbocycles. The number of hydrazone groups is 1. The second kappa shape index (κ2) is 6.73. The molecule has 0 spiro atoms. The minimum Gasteiger partial charge on any atom is -0.260 e. The van der Waals surface area contributed by atoms with Gasteiger partial charge in [0.1, 0.15) is 0 Å². The summed E-state index contributed by atoms with van der Waals surface area (Å²) < 4.78 is 0. The summed E-state index contributed by atoms with van der Waals surface area (Å²) in [5, 5.41) is 8.69. The Morgan fingerprint density at radius 1 is 1.05 bits per heavy atom. The van der Waals surface area contributed by atoms with Crippen LogP contribution in [-0.2, 0) is 20.3 Å². The van der Waals surface area contributed by atoms with Crippen LogP contribution in [0.15, 0.2) is 35.4 Å². The van der Waals surface area contributed by atoms with E-state index in [9.17, 15) is 0 Å². The van der Waals surface area contributed by atoms with Gasteiger partial charge in [0.05, 0.1) is 26.6 Å². The van der Waals surface area contributed by atoms with Gasteiger partial charge in [0.15, 0.2) is 0 Å². The maximum absolute atomic E-state index is 5.21. The fraction of sp³-hybridized carbons (Fsp3) is 0.364. The Kier molecular flexibility index (Phi) is 5.00. The highest BCUT2D eigenvalue weighted by atomic mass is 32.2. The summed E-state index contributed by atoms with van der Waals surface area (Å²) in [6.07, 6.45) is 0. The summed E-state index contributed by atoms with van der Waals surface area (Å²) in [5.41, 5.74) is 1.20. The minimum atomic E-state index is 0.620. The number of rotatable bonds is 5. The Balaban J connectivity index is 2.02. The second-order valence-electron chi connectivity index (χ2n) is 3.48. The van der Waals surface area contributed by atoms with Gasteiger partial charge in [0.2, 0.25) is 5.17 Å². The van der Waals surface area contributed by atoms with E-state index in [0.29, 0.717) is 5.17 Å². The number of hydrazine groups is 2. The van der Waals surface area contributed by atoms with Crippen LogP contribution in [0.3, 0.4) is 0 Å². The molecule has 1 aromatic rings. The zero-order valence-corrected chi connectivity index (χ0v) is 11.8. The molecule has 19 heavy (non-hydrogen) atoms. The zero-order chi connectivity index (χ0) is 13.7. The molecule has 7 nitrogen and oxygen atoms in total. The molecule has 0 fully saturated rings. The van der Waals surface area contributed by atoms with E-state index in [1.165, 1.54) is 54.4 Å². The van der Waals surface area contributed by atoms with Crippen molar-refractivity contribution in [3.8, 4) is 0 Å². The van der Waals surface area contributed by atoms with E-state index in [0.717, 1.165) is 5.75 Å². The van der Waals surface area contributed by atoms with Gasteiger partial charge in [-0.3, -0.25) is 9.68 Å². The van der Waals surface area contributed by atoms with E-state index in [1.807, 2.05) is 18.2 Å². The van der Waals surface area contributed by atoms with Crippen molar-refractivity contribution in [2.24, 2.45) is 5.10 Å². The average Bonchev–Trinajstić information content (AvgIpc) is 2.82. The maximum Gasteiger partial charge on any atom is 0.233 e. The second-order valence-corrected chi connectivity index (χ2v) is 4.43. The first kappa shape index (κ1) is 14.1. The first-order chi connectivity index (χ1) is 9.30. The van der Waals surface area contributed by atoms with Crippen molar-refractivity contribution in [2.45, 2.75) is 5.75 Å². The lowest BCUT2D eigenvalue weighted by atomic mass is 10.2. The Morgan fingerprint density at radius 2 is 1.79 bits per heavy atom. The van der Waals surface area contributed by atoms with Crippen LogP contribution in [0, 0.1) is 0 Å². The molecule has 0 aromatic heterocycles. The standard InChI is InChI=1S/C11H16N4O3S/c1-16-13-11(12-14(17-2)15(13)18-3)19-9-10-7-5-4-6-8-10/h4-8H,9H2,1-3H3. The fourth-order valence-electron chi connectivity index (χ4n) is 1.50. The lowest BCUT2D eigenvalue weighted by molar-refractivity contribution is -0.486. The molecule has 8 heteroatoms. The summed E-state index contributed by atoms with van der Waals surface area (Å²) in [6, 6.07) is 10.1. The molecule has 104 valence electrons. The third kappa shape index (κ3) is 3.17. The Labute approximate surface area is 116 Å². The molecule has 2 rings (SSSR count). The molecular weight excluding hydrogens is 268 g/mol. The van der Waals surface area contributed by atoms with E-state index in [-0.39, 0.29) is 0 Å². The lowest BCUT2D eigenvalue weighted by Gasteiger charge is -2.26. The van der Waals surface area contributed by atoms with Crippen molar-refractivity contribution in [3.05, 3.63) is 35.9 Å². The van der Waals surface area contributed by atoms with E-state index in [1.54, 1.807) is 0 Å². The highest BCUT2D eigenvalue weighted by molar-refractivity contribution is 8.13. The van der Waals surface area contributed by atoms with Crippen LogP contribution in [0.2, 0.25) is 0 Å². The fourth-order valence-corrected chi connectivity index (χ4v) is 2.37. The predicted molar refractivity (Wildman–Crippen MR) is 71.7 cm³/mol. The number of benzene rings is 1. The highest BCUT2D eigenvalue weighted by Crippen LogP contribution is 2.24. The molecule has 0 atom stereocenters. The number of amidine groups is 1. The first-order valence-electron chi connectivity index (χ1n) is 5.58. The van der Waals surface area contributed by atoms with Crippen molar-refractivity contribution in [1.29, 1.82) is 0 Å². The third-order valence-corrected chi connectivity index (χ3v) is 3.32. The van der Waals surface area contributed by atoms with Gasteiger partial charge in [-0.05, 0) is 10.8 Å². The minimum absolute atomic E-state index is 0.620. The molecule has 1 aliphatic heterocycles. The lowest BCUT2D eigenvalue weighted by Crippen LogP contribution is -2.45. The summed E-state index contributed by atoms with van der Waals surface area (Å²) in [6.45, 7) is 0. The molecule has 0 amide bonds. The Bertz CT molecular complexity index is 431. The molecule has 0 saturated heterocycles. The molecule has 0 aliphatic carbocycles. The van der Waals surface area contributed by atoms with Crippen LogP contribution in [-0.4, -0.2) is 42.2 Å². The summed E-state index contributed by atoms with van der Waals surface area (Å²) in [5.74, 6) is 0.772. The van der Waals surface area contributed by atoms with Crippen LogP contribution < -0.4 is 0 Å². The van der Waals surface area contributed by atoms with Crippen molar-refractivity contribution in [2.75, 3.05) is 21.3 Å². The van der Waals surface area contributed by atoms with Gasteiger partial charge in [-0.1, -0.05) is 42.1 Å². The zero-order valence-electron chi connectivity index (χ0n) is 11.0. The maximum atomic E-state index is 5.21. The van der Waals surface area contributed by atoms with Gasteiger partial charge in [-0.2, -0.15) is 0 Å². The Morgan fingerprint density at radius 3 is 2.37 bits per heavy atom. The van der Waals surface area contributed by atoms with Crippen molar-refractivity contribution >= 4 is 16.9 Å². The summed E-state index contributed by atoms with van der Waals surface area (Å²) in [4.78, 5) is 15.4. The van der Waals surface area contributed by atoms with Crippen LogP contribution in [0.1, 0.15) is 5.56 Å². The van der Waals surface area contributed by atoms with Gasteiger partial charge < -0.3 is 0 Å². The van der Waals surface area contributed by atoms with Crippen molar-refractivity contribution in [1.82, 2.24) is 15.7 Å². The van der Waals surface area contributed by atoms with Crippen LogP contribution in [0.4, 0.5) is 0 Å². The van der Waals surface area contributed by atoms with Gasteiger partial charge in [0, 0.05) is 5.75 Å². The van der Waals surface area contributed by atoms with Gasteiger partial charge in [-0.25, -0.2) is 4.84 Å². The number of hydroxylamine groups is 1. The number of hydrogen-bond acceptors (Lipinski definition) is 8. The number of nitrogens with zero attached hydrogens (tertiary/aromatic N) is 4. The van der Waals surface area contributed by atoms with Crippen LogP contribution >= 0.6 is 11.8 Å². The monoisotopic (exact) mass is 284 g/mol. The first-order valence-corrected chi connectivity index (χ1v) is 6.56. The predicted octanol–water partition coefficient (Wildman–Crippen LogP) is 1.62. The molecule has 0 radical (unpaired) electrons. The van der Waals surface area contributed by atoms with E-state index >= 15 is 0 Å². The van der Waals surface area contributed by atoms with Crippen molar-refractivity contribution < 1.29 is 14.5 Å². The topological polar surface area (TPSA) is 49.8 Å². The van der Waals surface area contributed by atoms with E-state index in [2.05, 4.69) is 17.2 Å². The Hall–Kier alpha value is -1.32. The largest absolute Gasteiger partial charge is 0.260 e. The normalized spacial score (nSPS) is 16.1. The molecular formula is C11H16N4O3S. The quantitative estimate of drug-likeness (QED) is 0.814. The number of hydrogen-bond donors (Lipinski definition) is 0. The molecule has 0 unspecified atom stereocenters. The van der Waals surface area contributed by atoms with Crippen molar-refractivity contribution in [3.63, 3.8) is 0 Å². The SMILES string of the molecule is CON1N=C(SCc2ccccc2)N(OC)N1OC. The highest BCUT2D eigenvalue weighted by Gasteiger charge is 2.34.